The second-order valence-electron chi connectivity index (χ2n) is 10.7. The predicted molar refractivity (Wildman–Crippen MR) is 158 cm³/mol. The van der Waals surface area contributed by atoms with Crippen LogP contribution in [-0.2, 0) is 24.2 Å². The number of carbonyl (C=O) groups excluding carboxylic acids is 1. The number of hydrogen-bond acceptors (Lipinski definition) is 5. The zero-order chi connectivity index (χ0) is 27.7. The number of nitrogens with one attached hydrogen (secondary N) is 1. The van der Waals surface area contributed by atoms with Crippen LogP contribution in [0.25, 0.3) is 11.3 Å². The van der Waals surface area contributed by atoms with E-state index in [0.29, 0.717) is 18.3 Å². The van der Waals surface area contributed by atoms with Crippen LogP contribution in [0.4, 0.5) is 5.82 Å². The SMILES string of the molecule is CC(C)Oc1ccc(CC(=O)Nc2ncc(-c3ccc(OCc4ccccc4)cc3)nc2CC2CCCC2)cc1. The highest BCUT2D eigenvalue weighted by atomic mass is 16.5. The van der Waals surface area contributed by atoms with Crippen LogP contribution >= 0.6 is 0 Å². The first-order chi connectivity index (χ1) is 19.5. The lowest BCUT2D eigenvalue weighted by Gasteiger charge is -2.15. The molecule has 4 aromatic rings. The smallest absolute Gasteiger partial charge is 0.229 e. The molecule has 206 valence electrons. The van der Waals surface area contributed by atoms with Crippen LogP contribution in [0.5, 0.6) is 11.5 Å². The van der Waals surface area contributed by atoms with E-state index in [2.05, 4.69) is 22.4 Å². The summed E-state index contributed by atoms with van der Waals surface area (Å²) in [5.41, 5.74) is 4.66. The Morgan fingerprint density at radius 1 is 0.900 bits per heavy atom. The van der Waals surface area contributed by atoms with Crippen LogP contribution in [0.2, 0.25) is 0 Å². The molecule has 1 amide bonds. The van der Waals surface area contributed by atoms with E-state index < -0.39 is 0 Å². The van der Waals surface area contributed by atoms with E-state index in [1.165, 1.54) is 25.7 Å². The van der Waals surface area contributed by atoms with Gasteiger partial charge in [-0.2, -0.15) is 0 Å². The van der Waals surface area contributed by atoms with Gasteiger partial charge in [-0.3, -0.25) is 4.79 Å². The maximum absolute atomic E-state index is 13.0. The van der Waals surface area contributed by atoms with E-state index in [0.717, 1.165) is 46.0 Å². The summed E-state index contributed by atoms with van der Waals surface area (Å²) in [4.78, 5) is 22.6. The molecule has 5 rings (SSSR count). The third-order valence-corrected chi connectivity index (χ3v) is 7.12. The number of carbonyl (C=O) groups is 1. The van der Waals surface area contributed by atoms with Crippen LogP contribution in [0, 0.1) is 5.92 Å². The number of amides is 1. The number of rotatable bonds is 11. The third-order valence-electron chi connectivity index (χ3n) is 7.12. The molecule has 0 saturated heterocycles. The molecule has 6 heteroatoms. The number of anilines is 1. The minimum atomic E-state index is -0.104. The van der Waals surface area contributed by atoms with Gasteiger partial charge in [-0.25, -0.2) is 9.97 Å². The average Bonchev–Trinajstić information content (AvgIpc) is 3.48. The lowest BCUT2D eigenvalue weighted by Crippen LogP contribution is -2.18. The molecule has 0 bridgehead atoms. The first-order valence-electron chi connectivity index (χ1n) is 14.2. The van der Waals surface area contributed by atoms with Crippen molar-refractivity contribution in [2.45, 2.75) is 65.1 Å². The van der Waals surface area contributed by atoms with E-state index in [-0.39, 0.29) is 18.4 Å². The normalized spacial score (nSPS) is 13.4. The molecule has 0 aliphatic heterocycles. The molecule has 0 spiro atoms. The van der Waals surface area contributed by atoms with Crippen molar-refractivity contribution in [3.8, 4) is 22.8 Å². The first-order valence-corrected chi connectivity index (χ1v) is 14.2. The fourth-order valence-electron chi connectivity index (χ4n) is 5.08. The summed E-state index contributed by atoms with van der Waals surface area (Å²) >= 11 is 0. The summed E-state index contributed by atoms with van der Waals surface area (Å²) in [6.45, 7) is 4.51. The molecule has 1 aromatic heterocycles. The van der Waals surface area contributed by atoms with Crippen molar-refractivity contribution >= 4 is 11.7 Å². The molecule has 0 atom stereocenters. The standard InChI is InChI=1S/C34H37N3O3/c1-24(2)40-30-16-12-26(13-17-30)21-33(38)37-34-31(20-25-8-6-7-9-25)36-32(22-35-34)28-14-18-29(19-15-28)39-23-27-10-4-3-5-11-27/h3-5,10-19,22,24-25H,6-9,20-21,23H2,1-2H3,(H,35,37,38). The molecule has 1 aliphatic rings. The van der Waals surface area contributed by atoms with Crippen molar-refractivity contribution < 1.29 is 14.3 Å². The second kappa shape index (κ2) is 13.2. The lowest BCUT2D eigenvalue weighted by molar-refractivity contribution is -0.115. The Morgan fingerprint density at radius 2 is 1.60 bits per heavy atom. The molecule has 1 saturated carbocycles. The Morgan fingerprint density at radius 3 is 2.30 bits per heavy atom. The predicted octanol–water partition coefficient (Wildman–Crippen LogP) is 7.42. The van der Waals surface area contributed by atoms with Gasteiger partial charge in [0.1, 0.15) is 18.1 Å². The van der Waals surface area contributed by atoms with Gasteiger partial charge in [-0.1, -0.05) is 68.1 Å². The van der Waals surface area contributed by atoms with Gasteiger partial charge in [0.2, 0.25) is 5.91 Å². The average molecular weight is 536 g/mol. The summed E-state index contributed by atoms with van der Waals surface area (Å²) < 4.78 is 11.6. The van der Waals surface area contributed by atoms with E-state index >= 15 is 0 Å². The zero-order valence-electron chi connectivity index (χ0n) is 23.3. The monoisotopic (exact) mass is 535 g/mol. The molecular weight excluding hydrogens is 498 g/mol. The van der Waals surface area contributed by atoms with Gasteiger partial charge in [0.05, 0.1) is 30.1 Å². The zero-order valence-corrected chi connectivity index (χ0v) is 23.3. The Balaban J connectivity index is 1.27. The molecule has 1 aliphatic carbocycles. The van der Waals surface area contributed by atoms with Gasteiger partial charge >= 0.3 is 0 Å². The molecular formula is C34H37N3O3. The maximum atomic E-state index is 13.0. The topological polar surface area (TPSA) is 73.3 Å². The number of nitrogens with zero attached hydrogens (tertiary/aromatic N) is 2. The minimum Gasteiger partial charge on any atom is -0.491 e. The fraction of sp³-hybridized carbons (Fsp3) is 0.324. The largest absolute Gasteiger partial charge is 0.491 e. The van der Waals surface area contributed by atoms with E-state index in [9.17, 15) is 4.79 Å². The minimum absolute atomic E-state index is 0.104. The summed E-state index contributed by atoms with van der Waals surface area (Å²) in [5.74, 6) is 2.63. The van der Waals surface area contributed by atoms with Crippen molar-refractivity contribution in [1.82, 2.24) is 9.97 Å². The molecule has 1 N–H and O–H groups in total. The molecule has 1 heterocycles. The van der Waals surface area contributed by atoms with Gasteiger partial charge in [-0.05, 0) is 73.7 Å². The van der Waals surface area contributed by atoms with E-state index in [4.69, 9.17) is 14.5 Å². The third kappa shape index (κ3) is 7.69. The van der Waals surface area contributed by atoms with Crippen LogP contribution in [0.1, 0.15) is 56.4 Å². The van der Waals surface area contributed by atoms with Gasteiger partial charge in [-0.15, -0.1) is 0 Å². The molecule has 3 aromatic carbocycles. The first kappa shape index (κ1) is 27.4. The van der Waals surface area contributed by atoms with Crippen molar-refractivity contribution in [2.75, 3.05) is 5.32 Å². The van der Waals surface area contributed by atoms with Crippen molar-refractivity contribution in [1.29, 1.82) is 0 Å². The number of aromatic nitrogens is 2. The molecule has 0 radical (unpaired) electrons. The quantitative estimate of drug-likeness (QED) is 0.216. The lowest BCUT2D eigenvalue weighted by atomic mass is 10.0. The second-order valence-corrected chi connectivity index (χ2v) is 10.7. The van der Waals surface area contributed by atoms with Gasteiger partial charge in [0.15, 0.2) is 5.82 Å². The number of ether oxygens (including phenoxy) is 2. The molecule has 40 heavy (non-hydrogen) atoms. The molecule has 0 unspecified atom stereocenters. The van der Waals surface area contributed by atoms with Crippen molar-refractivity contribution in [3.63, 3.8) is 0 Å². The Kier molecular flexibility index (Phi) is 9.07. The van der Waals surface area contributed by atoms with Crippen LogP contribution in [0.3, 0.4) is 0 Å². The maximum Gasteiger partial charge on any atom is 0.229 e. The van der Waals surface area contributed by atoms with Crippen LogP contribution < -0.4 is 14.8 Å². The summed E-state index contributed by atoms with van der Waals surface area (Å²) in [7, 11) is 0. The van der Waals surface area contributed by atoms with E-state index in [1.54, 1.807) is 6.20 Å². The highest BCUT2D eigenvalue weighted by molar-refractivity contribution is 5.92. The summed E-state index contributed by atoms with van der Waals surface area (Å²) in [5, 5.41) is 3.04. The summed E-state index contributed by atoms with van der Waals surface area (Å²) in [6.07, 6.45) is 7.82. The van der Waals surface area contributed by atoms with Crippen molar-refractivity contribution in [3.05, 3.63) is 102 Å². The van der Waals surface area contributed by atoms with Gasteiger partial charge in [0, 0.05) is 5.56 Å². The Bertz CT molecular complexity index is 1380. The summed E-state index contributed by atoms with van der Waals surface area (Å²) in [6, 6.07) is 25.7. The van der Waals surface area contributed by atoms with Gasteiger partial charge < -0.3 is 14.8 Å². The highest BCUT2D eigenvalue weighted by Gasteiger charge is 2.20. The van der Waals surface area contributed by atoms with Gasteiger partial charge in [0.25, 0.3) is 0 Å². The number of benzene rings is 3. The fourth-order valence-corrected chi connectivity index (χ4v) is 5.08. The van der Waals surface area contributed by atoms with Crippen molar-refractivity contribution in [2.24, 2.45) is 5.92 Å². The molecule has 1 fully saturated rings. The van der Waals surface area contributed by atoms with Crippen LogP contribution in [-0.4, -0.2) is 22.0 Å². The highest BCUT2D eigenvalue weighted by Crippen LogP contribution is 2.30. The Labute approximate surface area is 236 Å². The van der Waals surface area contributed by atoms with E-state index in [1.807, 2.05) is 80.6 Å². The van der Waals surface area contributed by atoms with Crippen LogP contribution in [0.15, 0.2) is 85.1 Å². The Hall–Kier alpha value is -4.19. The number of hydrogen-bond donors (Lipinski definition) is 1. The molecule has 6 nitrogen and oxygen atoms in total.